The van der Waals surface area contributed by atoms with E-state index < -0.39 is 11.8 Å². The Hall–Kier alpha value is -1.95. The van der Waals surface area contributed by atoms with Crippen molar-refractivity contribution in [2.24, 2.45) is 0 Å². The fraction of sp³-hybridized carbons (Fsp3) is 0.533. The van der Waals surface area contributed by atoms with E-state index in [9.17, 15) is 9.59 Å². The highest BCUT2D eigenvalue weighted by atomic mass is 16.2. The van der Waals surface area contributed by atoms with Crippen molar-refractivity contribution in [3.05, 3.63) is 30.1 Å². The summed E-state index contributed by atoms with van der Waals surface area (Å²) in [5.74, 6) is -1.19. The Bertz CT molecular complexity index is 433. The van der Waals surface area contributed by atoms with Gasteiger partial charge in [0.25, 0.3) is 0 Å². The fourth-order valence-electron chi connectivity index (χ4n) is 1.89. The molecule has 1 aromatic rings. The van der Waals surface area contributed by atoms with E-state index in [1.165, 1.54) is 0 Å². The second-order valence-corrected chi connectivity index (χ2v) is 4.68. The summed E-state index contributed by atoms with van der Waals surface area (Å²) >= 11 is 0. The number of aromatic nitrogens is 1. The van der Waals surface area contributed by atoms with Crippen molar-refractivity contribution in [3.63, 3.8) is 0 Å². The molecule has 0 aliphatic rings. The average molecular weight is 292 g/mol. The van der Waals surface area contributed by atoms with E-state index in [2.05, 4.69) is 34.4 Å². The third-order valence-corrected chi connectivity index (χ3v) is 3.21. The molecule has 0 unspecified atom stereocenters. The Balaban J connectivity index is 2.18. The van der Waals surface area contributed by atoms with Gasteiger partial charge in [-0.1, -0.05) is 19.9 Å². The predicted molar refractivity (Wildman–Crippen MR) is 81.5 cm³/mol. The molecule has 1 heterocycles. The number of rotatable bonds is 8. The summed E-state index contributed by atoms with van der Waals surface area (Å²) in [4.78, 5) is 29.4. The molecule has 0 saturated heterocycles. The molecule has 0 aliphatic heterocycles. The molecule has 1 aromatic heterocycles. The van der Waals surface area contributed by atoms with Crippen molar-refractivity contribution < 1.29 is 9.59 Å². The third kappa shape index (κ3) is 6.85. The highest BCUT2D eigenvalue weighted by Crippen LogP contribution is 1.94. The lowest BCUT2D eigenvalue weighted by molar-refractivity contribution is -0.139. The van der Waals surface area contributed by atoms with Crippen LogP contribution in [0.3, 0.4) is 0 Å². The van der Waals surface area contributed by atoms with Crippen molar-refractivity contribution >= 4 is 11.8 Å². The zero-order chi connectivity index (χ0) is 15.5. The van der Waals surface area contributed by atoms with Crippen LogP contribution in [0.2, 0.25) is 0 Å². The molecular formula is C15H24N4O2. The number of carbonyl (C=O) groups is 2. The van der Waals surface area contributed by atoms with Crippen LogP contribution < -0.4 is 10.6 Å². The van der Waals surface area contributed by atoms with E-state index in [0.29, 0.717) is 13.1 Å². The van der Waals surface area contributed by atoms with Crippen LogP contribution in [0, 0.1) is 0 Å². The highest BCUT2D eigenvalue weighted by Gasteiger charge is 2.12. The Kier molecular flexibility index (Phi) is 8.04. The van der Waals surface area contributed by atoms with Gasteiger partial charge in [-0.3, -0.25) is 14.6 Å². The van der Waals surface area contributed by atoms with E-state index in [1.54, 1.807) is 18.5 Å². The van der Waals surface area contributed by atoms with Gasteiger partial charge in [0, 0.05) is 25.5 Å². The van der Waals surface area contributed by atoms with Crippen LogP contribution in [0.25, 0.3) is 0 Å². The Morgan fingerprint density at radius 2 is 1.90 bits per heavy atom. The number of hydrogen-bond donors (Lipinski definition) is 2. The molecule has 0 saturated carbocycles. The second-order valence-electron chi connectivity index (χ2n) is 4.68. The van der Waals surface area contributed by atoms with Gasteiger partial charge in [-0.15, -0.1) is 0 Å². The molecule has 21 heavy (non-hydrogen) atoms. The van der Waals surface area contributed by atoms with Gasteiger partial charge in [-0.05, 0) is 37.7 Å². The maximum atomic E-state index is 11.6. The minimum atomic E-state index is -0.610. The molecule has 0 atom stereocenters. The highest BCUT2D eigenvalue weighted by molar-refractivity contribution is 6.35. The number of nitrogens with zero attached hydrogens (tertiary/aromatic N) is 2. The van der Waals surface area contributed by atoms with E-state index in [1.807, 2.05) is 6.07 Å². The summed E-state index contributed by atoms with van der Waals surface area (Å²) in [6, 6.07) is 3.63. The van der Waals surface area contributed by atoms with Crippen LogP contribution in [0.4, 0.5) is 0 Å². The van der Waals surface area contributed by atoms with Gasteiger partial charge >= 0.3 is 11.8 Å². The van der Waals surface area contributed by atoms with Crippen LogP contribution >= 0.6 is 0 Å². The van der Waals surface area contributed by atoms with E-state index in [0.717, 1.165) is 31.6 Å². The number of hydrogen-bond acceptors (Lipinski definition) is 4. The lowest BCUT2D eigenvalue weighted by Gasteiger charge is -2.17. The lowest BCUT2D eigenvalue weighted by atomic mass is 10.3. The molecule has 6 nitrogen and oxygen atoms in total. The fourth-order valence-corrected chi connectivity index (χ4v) is 1.89. The minimum absolute atomic E-state index is 0.305. The number of nitrogens with one attached hydrogen (secondary N) is 2. The van der Waals surface area contributed by atoms with Crippen molar-refractivity contribution in [2.75, 3.05) is 26.2 Å². The zero-order valence-electron chi connectivity index (χ0n) is 12.8. The van der Waals surface area contributed by atoms with Gasteiger partial charge in [0.15, 0.2) is 0 Å². The molecule has 0 fully saturated rings. The first-order chi connectivity index (χ1) is 10.2. The summed E-state index contributed by atoms with van der Waals surface area (Å²) in [6.45, 7) is 7.94. The molecule has 0 radical (unpaired) electrons. The van der Waals surface area contributed by atoms with E-state index in [-0.39, 0.29) is 0 Å². The van der Waals surface area contributed by atoms with Gasteiger partial charge in [0.1, 0.15) is 0 Å². The Morgan fingerprint density at radius 1 is 1.19 bits per heavy atom. The number of pyridine rings is 1. The summed E-state index contributed by atoms with van der Waals surface area (Å²) in [7, 11) is 0. The van der Waals surface area contributed by atoms with Crippen molar-refractivity contribution in [3.8, 4) is 0 Å². The normalized spacial score (nSPS) is 10.4. The van der Waals surface area contributed by atoms with Gasteiger partial charge in [-0.25, -0.2) is 0 Å². The van der Waals surface area contributed by atoms with Crippen molar-refractivity contribution in [1.29, 1.82) is 0 Å². The molecule has 0 aromatic carbocycles. The average Bonchev–Trinajstić information content (AvgIpc) is 2.53. The molecule has 6 heteroatoms. The SMILES string of the molecule is CCN(CC)CCCNC(=O)C(=O)NCc1cccnc1. The van der Waals surface area contributed by atoms with Gasteiger partial charge in [0.2, 0.25) is 0 Å². The molecule has 0 spiro atoms. The third-order valence-electron chi connectivity index (χ3n) is 3.21. The largest absolute Gasteiger partial charge is 0.348 e. The van der Waals surface area contributed by atoms with Crippen LogP contribution in [-0.4, -0.2) is 47.9 Å². The van der Waals surface area contributed by atoms with Gasteiger partial charge < -0.3 is 15.5 Å². The Morgan fingerprint density at radius 3 is 2.52 bits per heavy atom. The monoisotopic (exact) mass is 292 g/mol. The molecule has 2 N–H and O–H groups in total. The van der Waals surface area contributed by atoms with Gasteiger partial charge in [0.05, 0.1) is 0 Å². The summed E-state index contributed by atoms with van der Waals surface area (Å²) in [6.07, 6.45) is 4.15. The first-order valence-corrected chi connectivity index (χ1v) is 7.34. The number of carbonyl (C=O) groups excluding carboxylic acids is 2. The molecule has 2 amide bonds. The summed E-state index contributed by atoms with van der Waals surface area (Å²) in [5.41, 5.74) is 0.861. The molecular weight excluding hydrogens is 268 g/mol. The summed E-state index contributed by atoms with van der Waals surface area (Å²) in [5, 5.41) is 5.20. The van der Waals surface area contributed by atoms with Crippen LogP contribution in [0.1, 0.15) is 25.8 Å². The van der Waals surface area contributed by atoms with Crippen LogP contribution in [0.15, 0.2) is 24.5 Å². The summed E-state index contributed by atoms with van der Waals surface area (Å²) < 4.78 is 0. The van der Waals surface area contributed by atoms with Gasteiger partial charge in [-0.2, -0.15) is 0 Å². The maximum Gasteiger partial charge on any atom is 0.309 e. The smallest absolute Gasteiger partial charge is 0.309 e. The predicted octanol–water partition coefficient (Wildman–Crippen LogP) is 0.546. The van der Waals surface area contributed by atoms with E-state index in [4.69, 9.17) is 0 Å². The molecule has 116 valence electrons. The topological polar surface area (TPSA) is 74.3 Å². The standard InChI is InChI=1S/C15H24N4O2/c1-3-19(4-2)10-6-9-17-14(20)15(21)18-12-13-7-5-8-16-11-13/h5,7-8,11H,3-4,6,9-10,12H2,1-2H3,(H,17,20)(H,18,21). The van der Waals surface area contributed by atoms with E-state index >= 15 is 0 Å². The Labute approximate surface area is 125 Å². The maximum absolute atomic E-state index is 11.6. The quantitative estimate of drug-likeness (QED) is 0.542. The van der Waals surface area contributed by atoms with Crippen molar-refractivity contribution in [1.82, 2.24) is 20.5 Å². The molecule has 0 bridgehead atoms. The first-order valence-electron chi connectivity index (χ1n) is 7.34. The minimum Gasteiger partial charge on any atom is -0.348 e. The second kappa shape index (κ2) is 9.88. The first kappa shape index (κ1) is 17.1. The van der Waals surface area contributed by atoms with Crippen LogP contribution in [0.5, 0.6) is 0 Å². The molecule has 1 rings (SSSR count). The van der Waals surface area contributed by atoms with Crippen molar-refractivity contribution in [2.45, 2.75) is 26.8 Å². The van der Waals surface area contributed by atoms with Crippen LogP contribution in [-0.2, 0) is 16.1 Å². The molecule has 0 aliphatic carbocycles. The zero-order valence-corrected chi connectivity index (χ0v) is 12.8. The lowest BCUT2D eigenvalue weighted by Crippen LogP contribution is -2.40. The number of amides is 2.